The molecule has 2 heterocycles. The lowest BCUT2D eigenvalue weighted by molar-refractivity contribution is -0.143. The van der Waals surface area contributed by atoms with E-state index in [0.717, 1.165) is 5.56 Å². The number of carboxylic acid groups (broad SMARTS) is 1. The maximum Gasteiger partial charge on any atom is 0.389 e. The fourth-order valence-corrected chi connectivity index (χ4v) is 4.61. The monoisotopic (exact) mass is 545 g/mol. The number of benzene rings is 2. The van der Waals surface area contributed by atoms with E-state index >= 15 is 0 Å². The molecule has 0 radical (unpaired) electrons. The van der Waals surface area contributed by atoms with Crippen LogP contribution in [0.5, 0.6) is 0 Å². The summed E-state index contributed by atoms with van der Waals surface area (Å²) >= 11 is 5.94. The first-order chi connectivity index (χ1) is 18.1. The van der Waals surface area contributed by atoms with E-state index in [0.29, 0.717) is 46.9 Å². The van der Waals surface area contributed by atoms with Gasteiger partial charge in [-0.2, -0.15) is 13.2 Å². The Morgan fingerprint density at radius 3 is 2.39 bits per heavy atom. The highest BCUT2D eigenvalue weighted by molar-refractivity contribution is 6.30. The van der Waals surface area contributed by atoms with Crippen LogP contribution in [0.15, 0.2) is 66.9 Å². The molecule has 1 aliphatic heterocycles. The van der Waals surface area contributed by atoms with Crippen LogP contribution in [0.3, 0.4) is 0 Å². The predicted molar refractivity (Wildman–Crippen MR) is 139 cm³/mol. The molecule has 2 N–H and O–H groups in total. The molecule has 1 aromatic heterocycles. The Morgan fingerprint density at radius 2 is 1.79 bits per heavy atom. The third-order valence-electron chi connectivity index (χ3n) is 6.58. The van der Waals surface area contributed by atoms with Crippen LogP contribution in [0.4, 0.5) is 18.9 Å². The van der Waals surface area contributed by atoms with Crippen molar-refractivity contribution < 1.29 is 27.9 Å². The minimum Gasteiger partial charge on any atom is -0.481 e. The number of hydrogen-bond donors (Lipinski definition) is 2. The predicted octanol–water partition coefficient (Wildman–Crippen LogP) is 6.83. The Hall–Kier alpha value is -3.59. The van der Waals surface area contributed by atoms with E-state index in [-0.39, 0.29) is 18.9 Å². The number of nitrogens with zero attached hydrogens (tertiary/aromatic N) is 2. The molecule has 1 aliphatic rings. The van der Waals surface area contributed by atoms with Gasteiger partial charge in [0.05, 0.1) is 17.7 Å². The number of aliphatic carboxylic acids is 1. The molecule has 10 heteroatoms. The molecule has 6 nitrogen and oxygen atoms in total. The molecule has 1 amide bonds. The van der Waals surface area contributed by atoms with Gasteiger partial charge in [-0.25, -0.2) is 0 Å². The zero-order valence-electron chi connectivity index (χ0n) is 20.4. The minimum atomic E-state index is -4.31. The average molecular weight is 546 g/mol. The number of nitrogens with one attached hydrogen (secondary N) is 1. The summed E-state index contributed by atoms with van der Waals surface area (Å²) in [7, 11) is 0. The molecule has 4 rings (SSSR count). The van der Waals surface area contributed by atoms with Crippen LogP contribution < -0.4 is 5.32 Å². The lowest BCUT2D eigenvalue weighted by atomic mass is 9.97. The Kier molecular flexibility index (Phi) is 8.56. The van der Waals surface area contributed by atoms with Crippen molar-refractivity contribution in [2.45, 2.75) is 37.9 Å². The molecule has 2 atom stereocenters. The molecular weight excluding hydrogens is 519 g/mol. The van der Waals surface area contributed by atoms with Crippen molar-refractivity contribution >= 4 is 29.2 Å². The number of piperidine rings is 1. The van der Waals surface area contributed by atoms with E-state index in [4.69, 9.17) is 11.6 Å². The van der Waals surface area contributed by atoms with E-state index in [1.807, 2.05) is 12.1 Å². The topological polar surface area (TPSA) is 82.5 Å². The van der Waals surface area contributed by atoms with Gasteiger partial charge in [-0.15, -0.1) is 0 Å². The minimum absolute atomic E-state index is 0.159. The molecule has 1 unspecified atom stereocenters. The van der Waals surface area contributed by atoms with E-state index < -0.39 is 30.5 Å². The molecular formula is C28H27ClF3N3O3. The van der Waals surface area contributed by atoms with Crippen LogP contribution in [0, 0.1) is 5.92 Å². The summed E-state index contributed by atoms with van der Waals surface area (Å²) in [6, 6.07) is 16.4. The molecule has 1 fully saturated rings. The highest BCUT2D eigenvalue weighted by Gasteiger charge is 2.30. The lowest BCUT2D eigenvalue weighted by Gasteiger charge is -2.30. The second-order valence-electron chi connectivity index (χ2n) is 9.34. The van der Waals surface area contributed by atoms with Crippen LogP contribution in [-0.2, 0) is 4.79 Å². The van der Waals surface area contributed by atoms with E-state index in [1.54, 1.807) is 54.7 Å². The summed E-state index contributed by atoms with van der Waals surface area (Å²) in [6.07, 6.45) is -2.76. The number of alkyl halides is 3. The molecule has 200 valence electrons. The second-order valence-corrected chi connectivity index (χ2v) is 9.78. The average Bonchev–Trinajstić information content (AvgIpc) is 2.91. The van der Waals surface area contributed by atoms with Gasteiger partial charge in [-0.3, -0.25) is 14.6 Å². The van der Waals surface area contributed by atoms with Crippen LogP contribution in [0.2, 0.25) is 5.02 Å². The molecule has 0 aliphatic carbocycles. The molecule has 1 saturated heterocycles. The van der Waals surface area contributed by atoms with Crippen LogP contribution in [0.1, 0.15) is 47.6 Å². The van der Waals surface area contributed by atoms with Crippen molar-refractivity contribution in [3.8, 4) is 11.3 Å². The number of carbonyl (C=O) groups excluding carboxylic acids is 1. The largest absolute Gasteiger partial charge is 0.481 e. The van der Waals surface area contributed by atoms with Gasteiger partial charge in [0.2, 0.25) is 0 Å². The van der Waals surface area contributed by atoms with Gasteiger partial charge in [0.15, 0.2) is 0 Å². The van der Waals surface area contributed by atoms with Crippen LogP contribution >= 0.6 is 11.6 Å². The molecule has 0 spiro atoms. The number of carbonyl (C=O) groups is 2. The van der Waals surface area contributed by atoms with Crippen LogP contribution in [0.25, 0.3) is 11.3 Å². The Labute approximate surface area is 223 Å². The standard InChI is InChI=1S/C28H27ClF3N3O3/c29-22-8-3-18(4-9-22)24-12-7-20(16-33-24)25(13-14-28(30,31)32)34-23-10-5-19(6-11-23)26(36)35-15-1-2-21(17-35)27(37)38/h3-12,16,21,25,34H,1-2,13-15,17H2,(H,37,38)/t21-,25?/m1/s1. The van der Waals surface area contributed by atoms with Gasteiger partial charge >= 0.3 is 12.1 Å². The summed E-state index contributed by atoms with van der Waals surface area (Å²) in [6.45, 7) is 0.647. The van der Waals surface area contributed by atoms with Crippen molar-refractivity contribution in [1.82, 2.24) is 9.88 Å². The van der Waals surface area contributed by atoms with Crippen LogP contribution in [-0.4, -0.2) is 46.1 Å². The van der Waals surface area contributed by atoms with Gasteiger partial charge in [0, 0.05) is 47.5 Å². The number of carboxylic acids is 1. The lowest BCUT2D eigenvalue weighted by Crippen LogP contribution is -2.42. The summed E-state index contributed by atoms with van der Waals surface area (Å²) in [5, 5.41) is 13.0. The molecule has 3 aromatic rings. The first-order valence-electron chi connectivity index (χ1n) is 12.3. The maximum atomic E-state index is 13.1. The third-order valence-corrected chi connectivity index (χ3v) is 6.83. The second kappa shape index (κ2) is 11.9. The van der Waals surface area contributed by atoms with Crippen molar-refractivity contribution in [2.24, 2.45) is 5.92 Å². The number of amides is 1. The van der Waals surface area contributed by atoms with E-state index in [1.165, 1.54) is 4.90 Å². The smallest absolute Gasteiger partial charge is 0.389 e. The number of aromatic nitrogens is 1. The normalized spacial score (nSPS) is 16.6. The molecule has 38 heavy (non-hydrogen) atoms. The summed E-state index contributed by atoms with van der Waals surface area (Å²) in [5.41, 5.74) is 3.05. The van der Waals surface area contributed by atoms with Gasteiger partial charge in [-0.05, 0) is 67.3 Å². The summed E-state index contributed by atoms with van der Waals surface area (Å²) in [4.78, 5) is 30.2. The zero-order chi connectivity index (χ0) is 27.3. The zero-order valence-corrected chi connectivity index (χ0v) is 21.2. The Bertz CT molecular complexity index is 1250. The maximum absolute atomic E-state index is 13.1. The molecule has 0 saturated carbocycles. The molecule has 2 aromatic carbocycles. The number of anilines is 1. The Morgan fingerprint density at radius 1 is 1.08 bits per heavy atom. The quantitative estimate of drug-likeness (QED) is 0.324. The fraction of sp³-hybridized carbons (Fsp3) is 0.321. The van der Waals surface area contributed by atoms with Gasteiger partial charge in [0.25, 0.3) is 5.91 Å². The van der Waals surface area contributed by atoms with E-state index in [9.17, 15) is 27.9 Å². The third kappa shape index (κ3) is 7.25. The summed E-state index contributed by atoms with van der Waals surface area (Å²) in [5.74, 6) is -1.76. The van der Waals surface area contributed by atoms with Gasteiger partial charge in [-0.1, -0.05) is 29.8 Å². The first-order valence-corrected chi connectivity index (χ1v) is 12.6. The highest BCUT2D eigenvalue weighted by atomic mass is 35.5. The first kappa shape index (κ1) is 27.4. The number of pyridine rings is 1. The number of likely N-dealkylation sites (tertiary alicyclic amines) is 1. The van der Waals surface area contributed by atoms with Gasteiger partial charge < -0.3 is 15.3 Å². The van der Waals surface area contributed by atoms with Crippen molar-refractivity contribution in [1.29, 1.82) is 0 Å². The number of rotatable bonds is 8. The van der Waals surface area contributed by atoms with Crippen molar-refractivity contribution in [3.05, 3.63) is 83.0 Å². The summed E-state index contributed by atoms with van der Waals surface area (Å²) < 4.78 is 39.2. The Balaban J connectivity index is 1.48. The highest BCUT2D eigenvalue weighted by Crippen LogP contribution is 2.31. The SMILES string of the molecule is O=C(O)[C@@H]1CCCN(C(=O)c2ccc(NC(CCC(F)(F)F)c3ccc(-c4ccc(Cl)cc4)nc3)cc2)C1. The van der Waals surface area contributed by atoms with Crippen molar-refractivity contribution in [3.63, 3.8) is 0 Å². The number of hydrogen-bond acceptors (Lipinski definition) is 4. The number of halogens is 4. The van der Waals surface area contributed by atoms with E-state index in [2.05, 4.69) is 10.3 Å². The fourth-order valence-electron chi connectivity index (χ4n) is 4.49. The molecule has 0 bridgehead atoms. The van der Waals surface area contributed by atoms with Crippen molar-refractivity contribution in [2.75, 3.05) is 18.4 Å². The van der Waals surface area contributed by atoms with Gasteiger partial charge in [0.1, 0.15) is 0 Å².